The predicted molar refractivity (Wildman–Crippen MR) is 105 cm³/mol. The minimum absolute atomic E-state index is 0.180. The number of nitrogens with zero attached hydrogens (tertiary/aromatic N) is 5. The molecule has 2 atom stereocenters. The summed E-state index contributed by atoms with van der Waals surface area (Å²) in [5, 5.41) is 3.13. The average Bonchev–Trinajstić information content (AvgIpc) is 3.15. The Kier molecular flexibility index (Phi) is 7.24. The molecule has 2 unspecified atom stereocenters. The SMILES string of the molecule is CC(CCOC1=C(F)CC(N(N)CN)C=C1)N1CCN(C2=NCN(C)O2)CC1. The summed E-state index contributed by atoms with van der Waals surface area (Å²) in [5.41, 5.74) is 5.49. The maximum atomic E-state index is 14.2. The minimum Gasteiger partial charge on any atom is -0.491 e. The van der Waals surface area contributed by atoms with E-state index in [1.807, 2.05) is 13.1 Å². The van der Waals surface area contributed by atoms with E-state index in [9.17, 15) is 4.39 Å². The zero-order valence-corrected chi connectivity index (χ0v) is 16.8. The normalized spacial score (nSPS) is 25.3. The van der Waals surface area contributed by atoms with Gasteiger partial charge in [-0.3, -0.25) is 10.7 Å². The smallest absolute Gasteiger partial charge is 0.309 e. The van der Waals surface area contributed by atoms with Crippen LogP contribution in [0.2, 0.25) is 0 Å². The van der Waals surface area contributed by atoms with Gasteiger partial charge >= 0.3 is 6.02 Å². The largest absolute Gasteiger partial charge is 0.491 e. The van der Waals surface area contributed by atoms with Gasteiger partial charge in [-0.1, -0.05) is 6.08 Å². The Morgan fingerprint density at radius 1 is 1.39 bits per heavy atom. The number of rotatable bonds is 7. The van der Waals surface area contributed by atoms with Gasteiger partial charge in [-0.15, -0.1) is 5.06 Å². The fourth-order valence-corrected chi connectivity index (χ4v) is 3.52. The van der Waals surface area contributed by atoms with Crippen molar-refractivity contribution in [2.45, 2.75) is 31.8 Å². The van der Waals surface area contributed by atoms with E-state index in [2.05, 4.69) is 21.7 Å². The summed E-state index contributed by atoms with van der Waals surface area (Å²) >= 11 is 0. The molecule has 10 heteroatoms. The second-order valence-electron chi connectivity index (χ2n) is 7.41. The van der Waals surface area contributed by atoms with Crippen molar-refractivity contribution in [3.63, 3.8) is 0 Å². The minimum atomic E-state index is -0.278. The molecule has 0 amide bonds. The summed E-state index contributed by atoms with van der Waals surface area (Å²) in [6.45, 7) is 7.08. The highest BCUT2D eigenvalue weighted by Gasteiger charge is 2.27. The van der Waals surface area contributed by atoms with Crippen molar-refractivity contribution in [1.82, 2.24) is 19.9 Å². The molecule has 0 aromatic rings. The molecule has 0 bridgehead atoms. The molecule has 1 fully saturated rings. The van der Waals surface area contributed by atoms with Crippen LogP contribution in [-0.4, -0.2) is 91.1 Å². The number of aliphatic imine (C=N–C) groups is 1. The molecule has 0 aromatic heterocycles. The first-order chi connectivity index (χ1) is 13.5. The number of hydrogen-bond acceptors (Lipinski definition) is 9. The lowest BCUT2D eigenvalue weighted by atomic mass is 10.1. The van der Waals surface area contributed by atoms with Gasteiger partial charge in [0.2, 0.25) is 0 Å². The van der Waals surface area contributed by atoms with Gasteiger partial charge in [-0.2, -0.15) is 0 Å². The molecule has 1 saturated heterocycles. The molecular weight excluding hydrogens is 365 g/mol. The number of amidine groups is 1. The second kappa shape index (κ2) is 9.66. The lowest BCUT2D eigenvalue weighted by Crippen LogP contribution is -2.51. The fraction of sp³-hybridized carbons (Fsp3) is 0.722. The van der Waals surface area contributed by atoms with Crippen LogP contribution in [0.5, 0.6) is 0 Å². The number of hydrogen-bond donors (Lipinski definition) is 2. The van der Waals surface area contributed by atoms with Crippen LogP contribution in [0.15, 0.2) is 28.7 Å². The van der Waals surface area contributed by atoms with Gasteiger partial charge in [0.1, 0.15) is 18.3 Å². The first-order valence-electron chi connectivity index (χ1n) is 9.81. The van der Waals surface area contributed by atoms with E-state index in [4.69, 9.17) is 21.2 Å². The van der Waals surface area contributed by atoms with Crippen molar-refractivity contribution in [2.75, 3.05) is 53.2 Å². The van der Waals surface area contributed by atoms with Crippen molar-refractivity contribution in [3.8, 4) is 0 Å². The Balaban J connectivity index is 1.37. The average molecular weight is 397 g/mol. The van der Waals surface area contributed by atoms with Gasteiger partial charge < -0.3 is 20.2 Å². The fourth-order valence-electron chi connectivity index (χ4n) is 3.52. The molecule has 4 N–H and O–H groups in total. The molecule has 2 aliphatic heterocycles. The van der Waals surface area contributed by atoms with Crippen LogP contribution in [-0.2, 0) is 9.57 Å². The van der Waals surface area contributed by atoms with Crippen LogP contribution >= 0.6 is 0 Å². The first-order valence-corrected chi connectivity index (χ1v) is 9.81. The molecule has 9 nitrogen and oxygen atoms in total. The van der Waals surface area contributed by atoms with Crippen molar-refractivity contribution >= 4 is 6.02 Å². The van der Waals surface area contributed by atoms with E-state index < -0.39 is 0 Å². The first kappa shape index (κ1) is 21.0. The zero-order valence-electron chi connectivity index (χ0n) is 16.8. The molecule has 0 saturated carbocycles. The summed E-state index contributed by atoms with van der Waals surface area (Å²) in [6.07, 6.45) is 4.51. The lowest BCUT2D eigenvalue weighted by molar-refractivity contribution is -0.0384. The zero-order chi connectivity index (χ0) is 20.1. The molecule has 1 aliphatic carbocycles. The van der Waals surface area contributed by atoms with E-state index in [1.54, 1.807) is 11.1 Å². The molecule has 0 radical (unpaired) electrons. The Hall–Kier alpha value is -1.72. The van der Waals surface area contributed by atoms with Gasteiger partial charge in [0.05, 0.1) is 19.3 Å². The molecule has 3 aliphatic rings. The number of halogens is 1. The van der Waals surface area contributed by atoms with Crippen molar-refractivity contribution in [3.05, 3.63) is 23.7 Å². The number of piperazine rings is 1. The Morgan fingerprint density at radius 2 is 2.14 bits per heavy atom. The number of allylic oxidation sites excluding steroid dienone is 1. The van der Waals surface area contributed by atoms with Gasteiger partial charge in [-0.05, 0) is 19.4 Å². The van der Waals surface area contributed by atoms with Crippen LogP contribution in [0.3, 0.4) is 0 Å². The summed E-state index contributed by atoms with van der Waals surface area (Å²) in [4.78, 5) is 14.6. The van der Waals surface area contributed by atoms with Crippen molar-refractivity contribution < 1.29 is 14.0 Å². The van der Waals surface area contributed by atoms with Crippen LogP contribution in [0, 0.1) is 0 Å². The Bertz CT molecular complexity index is 619. The Labute approximate surface area is 165 Å². The standard InChI is InChI=1S/C18H32FN7O2/c1-14(24-6-8-25(9-7-24)18-22-13-23(2)28-18)5-10-27-17-4-3-15(11-16(17)19)26(21)12-20/h3-4,14-15H,5-13,20-21H2,1-2H3. The molecule has 28 heavy (non-hydrogen) atoms. The van der Waals surface area contributed by atoms with E-state index >= 15 is 0 Å². The van der Waals surface area contributed by atoms with Gasteiger partial charge in [-0.25, -0.2) is 14.4 Å². The summed E-state index contributed by atoms with van der Waals surface area (Å²) in [7, 11) is 1.87. The maximum absolute atomic E-state index is 14.2. The number of nitrogens with two attached hydrogens (primary N) is 2. The highest BCUT2D eigenvalue weighted by Crippen LogP contribution is 2.23. The van der Waals surface area contributed by atoms with Gasteiger partial charge in [0.15, 0.2) is 0 Å². The number of ether oxygens (including phenoxy) is 1. The molecule has 0 aromatic carbocycles. The van der Waals surface area contributed by atoms with Crippen molar-refractivity contribution in [1.29, 1.82) is 0 Å². The maximum Gasteiger partial charge on any atom is 0.309 e. The quantitative estimate of drug-likeness (QED) is 0.357. The highest BCUT2D eigenvalue weighted by molar-refractivity contribution is 5.74. The lowest BCUT2D eigenvalue weighted by Gasteiger charge is -2.38. The molecule has 2 heterocycles. The second-order valence-corrected chi connectivity index (χ2v) is 7.41. The van der Waals surface area contributed by atoms with Crippen molar-refractivity contribution in [2.24, 2.45) is 16.6 Å². The van der Waals surface area contributed by atoms with E-state index in [0.717, 1.165) is 32.6 Å². The van der Waals surface area contributed by atoms with Crippen LogP contribution in [0.4, 0.5) is 4.39 Å². The molecular formula is C18H32FN7O2. The van der Waals surface area contributed by atoms with Gasteiger partial charge in [0, 0.05) is 45.7 Å². The number of hydroxylamine groups is 2. The third-order valence-electron chi connectivity index (χ3n) is 5.41. The number of hydrazine groups is 1. The van der Waals surface area contributed by atoms with E-state index in [-0.39, 0.29) is 25.0 Å². The molecule has 158 valence electrons. The summed E-state index contributed by atoms with van der Waals surface area (Å²) in [6, 6.07) is 0.853. The van der Waals surface area contributed by atoms with Crippen LogP contribution < -0.4 is 11.6 Å². The monoisotopic (exact) mass is 397 g/mol. The van der Waals surface area contributed by atoms with Crippen LogP contribution in [0.1, 0.15) is 19.8 Å². The summed E-state index contributed by atoms with van der Waals surface area (Å²) in [5.74, 6) is 5.76. The molecule has 0 spiro atoms. The van der Waals surface area contributed by atoms with E-state index in [0.29, 0.717) is 31.1 Å². The van der Waals surface area contributed by atoms with E-state index in [1.165, 1.54) is 5.01 Å². The van der Waals surface area contributed by atoms with Crippen LogP contribution in [0.25, 0.3) is 0 Å². The van der Waals surface area contributed by atoms with Gasteiger partial charge in [0.25, 0.3) is 0 Å². The third kappa shape index (κ3) is 5.21. The molecule has 3 rings (SSSR count). The highest BCUT2D eigenvalue weighted by atomic mass is 19.1. The topological polar surface area (TPSA) is 95.8 Å². The Morgan fingerprint density at radius 3 is 2.75 bits per heavy atom. The predicted octanol–water partition coefficient (Wildman–Crippen LogP) is 0.191. The summed E-state index contributed by atoms with van der Waals surface area (Å²) < 4.78 is 19.9. The third-order valence-corrected chi connectivity index (χ3v) is 5.41.